The van der Waals surface area contributed by atoms with E-state index in [9.17, 15) is 4.79 Å². The summed E-state index contributed by atoms with van der Waals surface area (Å²) in [6, 6.07) is 0. The lowest BCUT2D eigenvalue weighted by Gasteiger charge is -2.06. The SMILES string of the molecule is CCCCCCCCCCCCCCCCCCCC(=O)OCCCCCCCCCCO. The minimum Gasteiger partial charge on any atom is -0.466 e. The van der Waals surface area contributed by atoms with Gasteiger partial charge in [0.15, 0.2) is 0 Å². The molecule has 0 rings (SSSR count). The number of unbranched alkanes of at least 4 members (excludes halogenated alkanes) is 23. The van der Waals surface area contributed by atoms with E-state index in [1.165, 1.54) is 128 Å². The zero-order valence-electron chi connectivity index (χ0n) is 22.6. The molecule has 0 aliphatic heterocycles. The first-order valence-electron chi connectivity index (χ1n) is 15.1. The van der Waals surface area contributed by atoms with Gasteiger partial charge in [0.25, 0.3) is 0 Å². The van der Waals surface area contributed by atoms with Gasteiger partial charge in [-0.2, -0.15) is 0 Å². The largest absolute Gasteiger partial charge is 0.466 e. The van der Waals surface area contributed by atoms with E-state index in [0.29, 0.717) is 19.6 Å². The molecule has 0 saturated carbocycles. The molecule has 0 aliphatic carbocycles. The highest BCUT2D eigenvalue weighted by molar-refractivity contribution is 5.69. The highest BCUT2D eigenvalue weighted by Crippen LogP contribution is 2.14. The third kappa shape index (κ3) is 29.4. The van der Waals surface area contributed by atoms with Crippen molar-refractivity contribution in [3.8, 4) is 0 Å². The molecule has 0 fully saturated rings. The molecule has 0 aromatic rings. The molecule has 0 bridgehead atoms. The van der Waals surface area contributed by atoms with Gasteiger partial charge in [-0.25, -0.2) is 0 Å². The summed E-state index contributed by atoms with van der Waals surface area (Å²) in [6.07, 6.45) is 33.1. The topological polar surface area (TPSA) is 46.5 Å². The van der Waals surface area contributed by atoms with Crippen LogP contribution < -0.4 is 0 Å². The van der Waals surface area contributed by atoms with Crippen molar-refractivity contribution >= 4 is 5.97 Å². The van der Waals surface area contributed by atoms with E-state index in [-0.39, 0.29) is 5.97 Å². The highest BCUT2D eigenvalue weighted by atomic mass is 16.5. The summed E-state index contributed by atoms with van der Waals surface area (Å²) < 4.78 is 5.36. The summed E-state index contributed by atoms with van der Waals surface area (Å²) in [4.78, 5) is 11.8. The second kappa shape index (κ2) is 29.5. The van der Waals surface area contributed by atoms with E-state index in [2.05, 4.69) is 6.92 Å². The second-order valence-electron chi connectivity index (χ2n) is 10.2. The molecule has 0 atom stereocenters. The third-order valence-electron chi connectivity index (χ3n) is 6.80. The molecule has 0 radical (unpaired) electrons. The monoisotopic (exact) mass is 468 g/mol. The zero-order valence-corrected chi connectivity index (χ0v) is 22.6. The van der Waals surface area contributed by atoms with Crippen LogP contribution in [0, 0.1) is 0 Å². The van der Waals surface area contributed by atoms with Crippen molar-refractivity contribution in [2.75, 3.05) is 13.2 Å². The Morgan fingerprint density at radius 1 is 0.485 bits per heavy atom. The molecule has 3 heteroatoms. The Hall–Kier alpha value is -0.570. The van der Waals surface area contributed by atoms with Crippen LogP contribution in [0.4, 0.5) is 0 Å². The van der Waals surface area contributed by atoms with Gasteiger partial charge in [0.05, 0.1) is 6.61 Å². The predicted octanol–water partition coefficient (Wildman–Crippen LogP) is 9.68. The first kappa shape index (κ1) is 32.4. The Labute approximate surface area is 207 Å². The third-order valence-corrected chi connectivity index (χ3v) is 6.80. The molecule has 3 nitrogen and oxygen atoms in total. The molecule has 1 N–H and O–H groups in total. The Bertz CT molecular complexity index is 370. The fourth-order valence-electron chi connectivity index (χ4n) is 4.53. The number of aliphatic hydroxyl groups excluding tert-OH is 1. The van der Waals surface area contributed by atoms with Crippen molar-refractivity contribution in [2.24, 2.45) is 0 Å². The van der Waals surface area contributed by atoms with E-state index >= 15 is 0 Å². The number of carbonyl (C=O) groups excluding carboxylic acids is 1. The molecule has 198 valence electrons. The summed E-state index contributed by atoms with van der Waals surface area (Å²) in [5.41, 5.74) is 0. The van der Waals surface area contributed by atoms with Crippen LogP contribution in [0.1, 0.15) is 174 Å². The smallest absolute Gasteiger partial charge is 0.305 e. The van der Waals surface area contributed by atoms with Gasteiger partial charge in [-0.15, -0.1) is 0 Å². The van der Waals surface area contributed by atoms with Gasteiger partial charge in [0, 0.05) is 13.0 Å². The number of aliphatic hydroxyl groups is 1. The summed E-state index contributed by atoms with van der Waals surface area (Å²) in [5.74, 6) is -0.0000344. The van der Waals surface area contributed by atoms with Gasteiger partial charge in [-0.3, -0.25) is 4.79 Å². The van der Waals surface area contributed by atoms with Crippen LogP contribution in [0.25, 0.3) is 0 Å². The molecular weight excluding hydrogens is 408 g/mol. The normalized spacial score (nSPS) is 11.2. The van der Waals surface area contributed by atoms with Crippen LogP contribution >= 0.6 is 0 Å². The van der Waals surface area contributed by atoms with E-state index in [1.807, 2.05) is 0 Å². The Kier molecular flexibility index (Phi) is 29.0. The van der Waals surface area contributed by atoms with Crippen molar-refractivity contribution in [1.29, 1.82) is 0 Å². The van der Waals surface area contributed by atoms with Gasteiger partial charge in [0.1, 0.15) is 0 Å². The van der Waals surface area contributed by atoms with Gasteiger partial charge in [-0.1, -0.05) is 148 Å². The molecule has 0 heterocycles. The van der Waals surface area contributed by atoms with Crippen molar-refractivity contribution < 1.29 is 14.6 Å². The van der Waals surface area contributed by atoms with E-state index in [4.69, 9.17) is 9.84 Å². The first-order valence-corrected chi connectivity index (χ1v) is 15.1. The molecule has 0 amide bonds. The average molecular weight is 469 g/mol. The molecule has 0 spiro atoms. The minimum absolute atomic E-state index is 0.0000344. The van der Waals surface area contributed by atoms with Gasteiger partial charge >= 0.3 is 5.97 Å². The standard InChI is InChI=1S/C30H60O3/c1-2-3-4-5-6-7-8-9-10-11-12-13-14-15-18-21-24-27-30(32)33-29-26-23-20-17-16-19-22-25-28-31/h31H,2-29H2,1H3. The number of rotatable bonds is 28. The van der Waals surface area contributed by atoms with E-state index < -0.39 is 0 Å². The van der Waals surface area contributed by atoms with Crippen LogP contribution in [-0.4, -0.2) is 24.3 Å². The molecular formula is C30H60O3. The lowest BCUT2D eigenvalue weighted by atomic mass is 10.0. The molecule has 0 aliphatic rings. The maximum Gasteiger partial charge on any atom is 0.305 e. The van der Waals surface area contributed by atoms with Crippen LogP contribution in [0.5, 0.6) is 0 Å². The second-order valence-corrected chi connectivity index (χ2v) is 10.2. The Morgan fingerprint density at radius 2 is 0.818 bits per heavy atom. The predicted molar refractivity (Wildman–Crippen MR) is 144 cm³/mol. The summed E-state index contributed by atoms with van der Waals surface area (Å²) >= 11 is 0. The van der Waals surface area contributed by atoms with Gasteiger partial charge < -0.3 is 9.84 Å². The Balaban J connectivity index is 3.13. The number of esters is 1. The van der Waals surface area contributed by atoms with Crippen molar-refractivity contribution in [3.05, 3.63) is 0 Å². The maximum atomic E-state index is 11.8. The van der Waals surface area contributed by atoms with Crippen LogP contribution in [0.2, 0.25) is 0 Å². The van der Waals surface area contributed by atoms with Gasteiger partial charge in [-0.05, 0) is 19.3 Å². The Morgan fingerprint density at radius 3 is 1.21 bits per heavy atom. The van der Waals surface area contributed by atoms with E-state index in [0.717, 1.165) is 32.1 Å². The quantitative estimate of drug-likeness (QED) is 0.0918. The first-order chi connectivity index (χ1) is 16.3. The summed E-state index contributed by atoms with van der Waals surface area (Å²) in [6.45, 7) is 3.21. The average Bonchev–Trinajstić information content (AvgIpc) is 2.82. The van der Waals surface area contributed by atoms with Crippen molar-refractivity contribution in [2.45, 2.75) is 174 Å². The minimum atomic E-state index is -0.0000344. The highest BCUT2D eigenvalue weighted by Gasteiger charge is 2.02. The number of ether oxygens (including phenoxy) is 1. The lowest BCUT2D eigenvalue weighted by Crippen LogP contribution is -2.05. The number of hydrogen-bond acceptors (Lipinski definition) is 3. The molecule has 0 saturated heterocycles. The zero-order chi connectivity index (χ0) is 24.1. The number of carbonyl (C=O) groups is 1. The fourth-order valence-corrected chi connectivity index (χ4v) is 4.53. The summed E-state index contributed by atoms with van der Waals surface area (Å²) in [5, 5.41) is 8.74. The van der Waals surface area contributed by atoms with E-state index in [1.54, 1.807) is 0 Å². The van der Waals surface area contributed by atoms with Crippen molar-refractivity contribution in [1.82, 2.24) is 0 Å². The molecule has 33 heavy (non-hydrogen) atoms. The lowest BCUT2D eigenvalue weighted by molar-refractivity contribution is -0.143. The molecule has 0 aromatic heterocycles. The molecule has 0 aromatic carbocycles. The van der Waals surface area contributed by atoms with Crippen molar-refractivity contribution in [3.63, 3.8) is 0 Å². The maximum absolute atomic E-state index is 11.8. The number of hydrogen-bond donors (Lipinski definition) is 1. The molecule has 0 unspecified atom stereocenters. The van der Waals surface area contributed by atoms with Gasteiger partial charge in [0.2, 0.25) is 0 Å². The fraction of sp³-hybridized carbons (Fsp3) is 0.967. The van der Waals surface area contributed by atoms with Crippen LogP contribution in [-0.2, 0) is 9.53 Å². The summed E-state index contributed by atoms with van der Waals surface area (Å²) in [7, 11) is 0. The van der Waals surface area contributed by atoms with Crippen LogP contribution in [0.3, 0.4) is 0 Å². The van der Waals surface area contributed by atoms with Crippen LogP contribution in [0.15, 0.2) is 0 Å².